The summed E-state index contributed by atoms with van der Waals surface area (Å²) < 4.78 is 6.36. The van der Waals surface area contributed by atoms with Gasteiger partial charge in [0.1, 0.15) is 5.75 Å². The number of non-ortho nitro benzene ring substituents is 1. The Labute approximate surface area is 187 Å². The molecule has 2 aromatic rings. The van der Waals surface area contributed by atoms with Gasteiger partial charge in [0.2, 0.25) is 0 Å². The maximum Gasteiger partial charge on any atom is 0.271 e. The molecule has 0 aliphatic rings. The Morgan fingerprint density at radius 1 is 1.31 bits per heavy atom. The van der Waals surface area contributed by atoms with Gasteiger partial charge in [-0.05, 0) is 64.8 Å². The number of hydrogen-bond donors (Lipinski definition) is 2. The summed E-state index contributed by atoms with van der Waals surface area (Å²) in [5, 5.41) is 16.2. The quantitative estimate of drug-likeness (QED) is 0.294. The number of rotatable bonds is 7. The number of nitrogens with one attached hydrogen (secondary N) is 2. The maximum absolute atomic E-state index is 12.4. The summed E-state index contributed by atoms with van der Waals surface area (Å²) in [5.41, 5.74) is 0.584. The monoisotopic (exact) mass is 499 g/mol. The minimum atomic E-state index is -0.552. The Morgan fingerprint density at radius 2 is 2.03 bits per heavy atom. The van der Waals surface area contributed by atoms with E-state index in [1.165, 1.54) is 18.2 Å². The van der Waals surface area contributed by atoms with E-state index in [-0.39, 0.29) is 15.8 Å². The summed E-state index contributed by atoms with van der Waals surface area (Å²) in [5.74, 6) is 0.770. The SMILES string of the molecule is CC(C)CCOc1ccc(C(=O)NC(=S)Nc2ccc([N+](=O)[O-])cc2Cl)cc1Br. The number of thiocarbonyl (C=S) groups is 1. The van der Waals surface area contributed by atoms with Crippen LogP contribution in [0.15, 0.2) is 40.9 Å². The van der Waals surface area contributed by atoms with Crippen molar-refractivity contribution in [3.05, 3.63) is 61.6 Å². The molecular formula is C19H19BrClN3O4S. The topological polar surface area (TPSA) is 93.5 Å². The van der Waals surface area contributed by atoms with E-state index in [0.717, 1.165) is 6.42 Å². The van der Waals surface area contributed by atoms with Crippen LogP contribution in [0, 0.1) is 16.0 Å². The van der Waals surface area contributed by atoms with Gasteiger partial charge in [-0.1, -0.05) is 25.4 Å². The highest BCUT2D eigenvalue weighted by Gasteiger charge is 2.14. The van der Waals surface area contributed by atoms with Crippen molar-refractivity contribution in [2.75, 3.05) is 11.9 Å². The van der Waals surface area contributed by atoms with Crippen molar-refractivity contribution in [1.29, 1.82) is 0 Å². The second kappa shape index (κ2) is 10.5. The van der Waals surface area contributed by atoms with Crippen molar-refractivity contribution >= 4 is 62.1 Å². The van der Waals surface area contributed by atoms with E-state index < -0.39 is 10.8 Å². The number of halogens is 2. The van der Waals surface area contributed by atoms with Crippen LogP contribution < -0.4 is 15.4 Å². The lowest BCUT2D eigenvalue weighted by atomic mass is 10.1. The highest BCUT2D eigenvalue weighted by Crippen LogP contribution is 2.27. The number of hydrogen-bond acceptors (Lipinski definition) is 5. The molecule has 0 spiro atoms. The van der Waals surface area contributed by atoms with Crippen LogP contribution in [0.2, 0.25) is 5.02 Å². The first-order valence-corrected chi connectivity index (χ1v) is 10.2. The van der Waals surface area contributed by atoms with Gasteiger partial charge in [-0.25, -0.2) is 0 Å². The molecule has 29 heavy (non-hydrogen) atoms. The number of benzene rings is 2. The molecule has 0 saturated heterocycles. The number of amides is 1. The lowest BCUT2D eigenvalue weighted by Gasteiger charge is -2.12. The third kappa shape index (κ3) is 6.95. The first-order valence-electron chi connectivity index (χ1n) is 8.66. The van der Waals surface area contributed by atoms with Crippen molar-refractivity contribution in [3.8, 4) is 5.75 Å². The van der Waals surface area contributed by atoms with Crippen molar-refractivity contribution < 1.29 is 14.5 Å². The molecule has 2 aromatic carbocycles. The van der Waals surface area contributed by atoms with Gasteiger partial charge in [-0.3, -0.25) is 20.2 Å². The normalized spacial score (nSPS) is 10.5. The fourth-order valence-corrected chi connectivity index (χ4v) is 3.13. The van der Waals surface area contributed by atoms with Gasteiger partial charge in [-0.2, -0.15) is 0 Å². The van der Waals surface area contributed by atoms with E-state index in [0.29, 0.717) is 34.0 Å². The molecule has 0 fully saturated rings. The second-order valence-corrected chi connectivity index (χ2v) is 8.18. The zero-order valence-corrected chi connectivity index (χ0v) is 18.9. The number of nitro benzene ring substituents is 1. The van der Waals surface area contributed by atoms with Crippen molar-refractivity contribution in [3.63, 3.8) is 0 Å². The molecule has 0 aliphatic carbocycles. The van der Waals surface area contributed by atoms with Gasteiger partial charge in [0.05, 0.1) is 26.7 Å². The van der Waals surface area contributed by atoms with Crippen LogP contribution in [-0.2, 0) is 0 Å². The van der Waals surface area contributed by atoms with Crippen LogP contribution in [0.3, 0.4) is 0 Å². The highest BCUT2D eigenvalue weighted by atomic mass is 79.9. The second-order valence-electron chi connectivity index (χ2n) is 6.51. The zero-order valence-electron chi connectivity index (χ0n) is 15.7. The molecule has 0 radical (unpaired) electrons. The third-order valence-corrected chi connectivity index (χ3v) is 4.92. The van der Waals surface area contributed by atoms with Gasteiger partial charge < -0.3 is 10.1 Å². The van der Waals surface area contributed by atoms with Gasteiger partial charge in [0.25, 0.3) is 11.6 Å². The Hall–Kier alpha value is -2.23. The van der Waals surface area contributed by atoms with Crippen molar-refractivity contribution in [2.24, 2.45) is 5.92 Å². The van der Waals surface area contributed by atoms with Gasteiger partial charge >= 0.3 is 0 Å². The predicted molar refractivity (Wildman–Crippen MR) is 121 cm³/mol. The molecule has 10 heteroatoms. The van der Waals surface area contributed by atoms with Gasteiger partial charge in [-0.15, -0.1) is 0 Å². The summed E-state index contributed by atoms with van der Waals surface area (Å²) in [7, 11) is 0. The molecule has 0 aromatic heterocycles. The van der Waals surface area contributed by atoms with Crippen molar-refractivity contribution in [2.45, 2.75) is 20.3 Å². The Morgan fingerprint density at radius 3 is 2.62 bits per heavy atom. The van der Waals surface area contributed by atoms with Crippen LogP contribution in [0.1, 0.15) is 30.6 Å². The fraction of sp³-hybridized carbons (Fsp3) is 0.263. The molecule has 0 atom stereocenters. The average molecular weight is 501 g/mol. The molecular weight excluding hydrogens is 482 g/mol. The van der Waals surface area contributed by atoms with Crippen LogP contribution in [0.25, 0.3) is 0 Å². The largest absolute Gasteiger partial charge is 0.492 e. The molecule has 2 rings (SSSR count). The molecule has 2 N–H and O–H groups in total. The Kier molecular flexibility index (Phi) is 8.36. The number of nitrogens with zero attached hydrogens (tertiary/aromatic N) is 1. The molecule has 0 aliphatic heterocycles. The number of ether oxygens (including phenoxy) is 1. The molecule has 7 nitrogen and oxygen atoms in total. The third-order valence-electron chi connectivity index (χ3n) is 3.79. The van der Waals surface area contributed by atoms with Crippen LogP contribution in [-0.4, -0.2) is 22.5 Å². The summed E-state index contributed by atoms with van der Waals surface area (Å²) in [6.45, 7) is 4.82. The van der Waals surface area contributed by atoms with Crippen LogP contribution >= 0.6 is 39.7 Å². The van der Waals surface area contributed by atoms with E-state index in [1.54, 1.807) is 18.2 Å². The van der Waals surface area contributed by atoms with Gasteiger partial charge in [0.15, 0.2) is 5.11 Å². The summed E-state index contributed by atoms with van der Waals surface area (Å²) >= 11 is 14.5. The number of nitro groups is 1. The fourth-order valence-electron chi connectivity index (χ4n) is 2.21. The van der Waals surface area contributed by atoms with E-state index >= 15 is 0 Å². The average Bonchev–Trinajstić information content (AvgIpc) is 2.64. The van der Waals surface area contributed by atoms with E-state index in [4.69, 9.17) is 28.6 Å². The molecule has 0 unspecified atom stereocenters. The Balaban J connectivity index is 1.98. The highest BCUT2D eigenvalue weighted by molar-refractivity contribution is 9.10. The Bertz CT molecular complexity index is 940. The molecule has 154 valence electrons. The first kappa shape index (κ1) is 23.1. The molecule has 0 bridgehead atoms. The molecule has 1 amide bonds. The predicted octanol–water partition coefficient (Wildman–Crippen LogP) is 5.56. The lowest BCUT2D eigenvalue weighted by Crippen LogP contribution is -2.34. The summed E-state index contributed by atoms with van der Waals surface area (Å²) in [6.07, 6.45) is 0.930. The van der Waals surface area contributed by atoms with Gasteiger partial charge in [0, 0.05) is 17.7 Å². The summed E-state index contributed by atoms with van der Waals surface area (Å²) in [4.78, 5) is 22.6. The number of anilines is 1. The molecule has 0 saturated carbocycles. The first-order chi connectivity index (χ1) is 13.7. The number of carbonyl (C=O) groups excluding carboxylic acids is 1. The zero-order chi connectivity index (χ0) is 21.6. The minimum absolute atomic E-state index is 0.0131. The molecule has 0 heterocycles. The summed E-state index contributed by atoms with van der Waals surface area (Å²) in [6, 6.07) is 8.88. The standard InChI is InChI=1S/C19H19BrClN3O4S/c1-11(2)7-8-28-17-6-3-12(9-14(17)20)18(25)23-19(29)22-16-5-4-13(24(26)27)10-15(16)21/h3-6,9-11H,7-8H2,1-2H3,(H2,22,23,25,29). The smallest absolute Gasteiger partial charge is 0.271 e. The lowest BCUT2D eigenvalue weighted by molar-refractivity contribution is -0.384. The number of carbonyl (C=O) groups is 1. The van der Waals surface area contributed by atoms with Crippen molar-refractivity contribution in [1.82, 2.24) is 5.32 Å². The minimum Gasteiger partial charge on any atom is -0.492 e. The van der Waals surface area contributed by atoms with E-state index in [2.05, 4.69) is 40.4 Å². The van der Waals surface area contributed by atoms with E-state index in [9.17, 15) is 14.9 Å². The maximum atomic E-state index is 12.4. The van der Waals surface area contributed by atoms with Crippen LogP contribution in [0.4, 0.5) is 11.4 Å². The van der Waals surface area contributed by atoms with Crippen LogP contribution in [0.5, 0.6) is 5.75 Å². The van der Waals surface area contributed by atoms with E-state index in [1.807, 2.05) is 0 Å².